The summed E-state index contributed by atoms with van der Waals surface area (Å²) in [4.78, 5) is 26.5. The summed E-state index contributed by atoms with van der Waals surface area (Å²) in [5, 5.41) is 10.2. The standard InChI is InChI=1S/C18H31N5O2/c1-13(2)11-19-17(25)22-9-6-7-14(12-22)16(24)20-15-8-10-23(21-15)18(3,4)5/h8,10,13-14H,6-7,9,11-12H2,1-5H3,(H,19,25)(H,20,21,24)/t14-/m0/s1. The van der Waals surface area contributed by atoms with Crippen LogP contribution in [0.25, 0.3) is 0 Å². The van der Waals surface area contributed by atoms with Crippen molar-refractivity contribution in [1.82, 2.24) is 20.0 Å². The van der Waals surface area contributed by atoms with Crippen LogP contribution in [-0.2, 0) is 10.3 Å². The van der Waals surface area contributed by atoms with Crippen LogP contribution in [0.1, 0.15) is 47.5 Å². The van der Waals surface area contributed by atoms with E-state index in [-0.39, 0.29) is 23.4 Å². The van der Waals surface area contributed by atoms with Crippen LogP contribution in [0.2, 0.25) is 0 Å². The molecule has 1 aliphatic heterocycles. The Hall–Kier alpha value is -2.05. The third-order valence-corrected chi connectivity index (χ3v) is 4.27. The number of hydrogen-bond acceptors (Lipinski definition) is 3. The molecule has 2 N–H and O–H groups in total. The second-order valence-corrected chi connectivity index (χ2v) is 8.17. The molecule has 0 aromatic carbocycles. The zero-order valence-corrected chi connectivity index (χ0v) is 16.0. The van der Waals surface area contributed by atoms with Gasteiger partial charge in [0.15, 0.2) is 5.82 Å². The minimum absolute atomic E-state index is 0.0690. The molecule has 0 unspecified atom stereocenters. The number of carbonyl (C=O) groups excluding carboxylic acids is 2. The summed E-state index contributed by atoms with van der Waals surface area (Å²) in [6.45, 7) is 12.1. The zero-order chi connectivity index (χ0) is 18.6. The Kier molecular flexibility index (Phi) is 6.08. The van der Waals surface area contributed by atoms with Crippen molar-refractivity contribution in [2.24, 2.45) is 11.8 Å². The Morgan fingerprint density at radius 3 is 2.68 bits per heavy atom. The quantitative estimate of drug-likeness (QED) is 0.877. The lowest BCUT2D eigenvalue weighted by atomic mass is 9.97. The molecule has 1 saturated heterocycles. The van der Waals surface area contributed by atoms with Gasteiger partial charge in [0.2, 0.25) is 5.91 Å². The van der Waals surface area contributed by atoms with Gasteiger partial charge in [0.25, 0.3) is 0 Å². The molecule has 0 spiro atoms. The van der Waals surface area contributed by atoms with Crippen LogP contribution >= 0.6 is 0 Å². The van der Waals surface area contributed by atoms with Crippen molar-refractivity contribution in [1.29, 1.82) is 0 Å². The SMILES string of the molecule is CC(C)CNC(=O)N1CCC[C@H](C(=O)Nc2ccn(C(C)(C)C)n2)C1. The molecular weight excluding hydrogens is 318 g/mol. The van der Waals surface area contributed by atoms with Crippen molar-refractivity contribution in [3.63, 3.8) is 0 Å². The number of anilines is 1. The lowest BCUT2D eigenvalue weighted by Crippen LogP contribution is -2.48. The van der Waals surface area contributed by atoms with Crippen molar-refractivity contribution in [2.45, 2.75) is 53.0 Å². The van der Waals surface area contributed by atoms with Gasteiger partial charge in [0.05, 0.1) is 11.5 Å². The van der Waals surface area contributed by atoms with Crippen LogP contribution in [0.5, 0.6) is 0 Å². The maximum Gasteiger partial charge on any atom is 0.317 e. The summed E-state index contributed by atoms with van der Waals surface area (Å²) in [6.07, 6.45) is 3.49. The number of hydrogen-bond donors (Lipinski definition) is 2. The van der Waals surface area contributed by atoms with E-state index in [1.54, 1.807) is 11.0 Å². The predicted molar refractivity (Wildman–Crippen MR) is 98.4 cm³/mol. The van der Waals surface area contributed by atoms with Crippen LogP contribution in [0.3, 0.4) is 0 Å². The van der Waals surface area contributed by atoms with E-state index in [0.29, 0.717) is 31.4 Å². The fourth-order valence-corrected chi connectivity index (χ4v) is 2.77. The highest BCUT2D eigenvalue weighted by molar-refractivity contribution is 5.92. The smallest absolute Gasteiger partial charge is 0.317 e. The van der Waals surface area contributed by atoms with Crippen LogP contribution in [0.15, 0.2) is 12.3 Å². The van der Waals surface area contributed by atoms with Gasteiger partial charge in [-0.25, -0.2) is 4.79 Å². The molecule has 1 fully saturated rings. The summed E-state index contributed by atoms with van der Waals surface area (Å²) < 4.78 is 1.83. The van der Waals surface area contributed by atoms with Crippen LogP contribution in [-0.4, -0.2) is 46.3 Å². The van der Waals surface area contributed by atoms with Crippen LogP contribution in [0, 0.1) is 11.8 Å². The number of urea groups is 1. The summed E-state index contributed by atoms with van der Waals surface area (Å²) in [6, 6.07) is 1.72. The second kappa shape index (κ2) is 7.89. The molecule has 0 bridgehead atoms. The molecular formula is C18H31N5O2. The summed E-state index contributed by atoms with van der Waals surface area (Å²) >= 11 is 0. The van der Waals surface area contributed by atoms with Crippen molar-refractivity contribution in [3.8, 4) is 0 Å². The zero-order valence-electron chi connectivity index (χ0n) is 16.0. The van der Waals surface area contributed by atoms with Crippen molar-refractivity contribution >= 4 is 17.8 Å². The number of nitrogens with zero attached hydrogens (tertiary/aromatic N) is 3. The van der Waals surface area contributed by atoms with E-state index >= 15 is 0 Å². The van der Waals surface area contributed by atoms with Crippen molar-refractivity contribution in [2.75, 3.05) is 25.0 Å². The van der Waals surface area contributed by atoms with E-state index < -0.39 is 0 Å². The Morgan fingerprint density at radius 1 is 1.36 bits per heavy atom. The van der Waals surface area contributed by atoms with E-state index in [4.69, 9.17) is 0 Å². The number of aromatic nitrogens is 2. The molecule has 0 radical (unpaired) electrons. The molecule has 3 amide bonds. The van der Waals surface area contributed by atoms with Gasteiger partial charge in [0.1, 0.15) is 0 Å². The normalized spacial score (nSPS) is 18.3. The van der Waals surface area contributed by atoms with E-state index in [9.17, 15) is 9.59 Å². The van der Waals surface area contributed by atoms with Gasteiger partial charge in [-0.2, -0.15) is 5.10 Å². The molecule has 0 aliphatic carbocycles. The van der Waals surface area contributed by atoms with Gasteiger partial charge in [-0.3, -0.25) is 9.48 Å². The van der Waals surface area contributed by atoms with E-state index in [2.05, 4.69) is 50.4 Å². The highest BCUT2D eigenvalue weighted by Crippen LogP contribution is 2.20. The molecule has 7 nitrogen and oxygen atoms in total. The second-order valence-electron chi connectivity index (χ2n) is 8.17. The molecule has 7 heteroatoms. The highest BCUT2D eigenvalue weighted by Gasteiger charge is 2.29. The highest BCUT2D eigenvalue weighted by atomic mass is 16.2. The number of amides is 3. The topological polar surface area (TPSA) is 79.3 Å². The first-order valence-corrected chi connectivity index (χ1v) is 9.06. The number of likely N-dealkylation sites (tertiary alicyclic amines) is 1. The third-order valence-electron chi connectivity index (χ3n) is 4.27. The summed E-state index contributed by atoms with van der Waals surface area (Å²) in [5.41, 5.74) is -0.126. The first-order valence-electron chi connectivity index (χ1n) is 9.06. The van der Waals surface area contributed by atoms with Crippen molar-refractivity contribution in [3.05, 3.63) is 12.3 Å². The average Bonchev–Trinajstić information content (AvgIpc) is 3.01. The Bertz CT molecular complexity index is 603. The fraction of sp³-hybridized carbons (Fsp3) is 0.722. The summed E-state index contributed by atoms with van der Waals surface area (Å²) in [7, 11) is 0. The molecule has 0 saturated carbocycles. The van der Waals surface area contributed by atoms with Gasteiger partial charge in [-0.1, -0.05) is 13.8 Å². The third kappa shape index (κ3) is 5.47. The van der Waals surface area contributed by atoms with Gasteiger partial charge in [0, 0.05) is 31.9 Å². The van der Waals surface area contributed by atoms with Gasteiger partial charge >= 0.3 is 6.03 Å². The minimum atomic E-state index is -0.196. The lowest BCUT2D eigenvalue weighted by Gasteiger charge is -2.32. The van der Waals surface area contributed by atoms with E-state index in [0.717, 1.165) is 12.8 Å². The molecule has 2 heterocycles. The molecule has 1 aliphatic rings. The van der Waals surface area contributed by atoms with Crippen LogP contribution in [0.4, 0.5) is 10.6 Å². The Labute approximate surface area is 150 Å². The average molecular weight is 349 g/mol. The number of nitrogens with one attached hydrogen (secondary N) is 2. The fourth-order valence-electron chi connectivity index (χ4n) is 2.77. The van der Waals surface area contributed by atoms with E-state index in [1.165, 1.54) is 0 Å². The molecule has 2 rings (SSSR count). The maximum absolute atomic E-state index is 12.5. The maximum atomic E-state index is 12.5. The van der Waals surface area contributed by atoms with Gasteiger partial charge < -0.3 is 15.5 Å². The summed E-state index contributed by atoms with van der Waals surface area (Å²) in [5.74, 6) is 0.700. The predicted octanol–water partition coefficient (Wildman–Crippen LogP) is 2.65. The van der Waals surface area contributed by atoms with Crippen LogP contribution < -0.4 is 10.6 Å². The number of rotatable bonds is 4. The molecule has 1 atom stereocenters. The van der Waals surface area contributed by atoms with Gasteiger partial charge in [-0.05, 0) is 39.5 Å². The largest absolute Gasteiger partial charge is 0.338 e. The lowest BCUT2D eigenvalue weighted by molar-refractivity contribution is -0.121. The Balaban J connectivity index is 1.91. The first-order chi connectivity index (χ1) is 11.7. The monoisotopic (exact) mass is 349 g/mol. The number of piperidine rings is 1. The van der Waals surface area contributed by atoms with Crippen molar-refractivity contribution < 1.29 is 9.59 Å². The first kappa shape index (κ1) is 19.3. The van der Waals surface area contributed by atoms with Gasteiger partial charge in [-0.15, -0.1) is 0 Å². The molecule has 25 heavy (non-hydrogen) atoms. The number of carbonyl (C=O) groups is 2. The molecule has 1 aromatic heterocycles. The Morgan fingerprint density at radius 2 is 2.08 bits per heavy atom. The minimum Gasteiger partial charge on any atom is -0.338 e. The van der Waals surface area contributed by atoms with E-state index in [1.807, 2.05) is 10.9 Å². The molecule has 1 aromatic rings. The molecule has 140 valence electrons.